The van der Waals surface area contributed by atoms with E-state index in [1.165, 1.54) is 27.6 Å². The Morgan fingerprint density at radius 1 is 1.26 bits per heavy atom. The van der Waals surface area contributed by atoms with E-state index in [0.717, 1.165) is 26.1 Å². The summed E-state index contributed by atoms with van der Waals surface area (Å²) in [5.74, 6) is -0.989. The summed E-state index contributed by atoms with van der Waals surface area (Å²) < 4.78 is 2.30. The average molecular weight is 314 g/mol. The maximum atomic E-state index is 11.4. The van der Waals surface area contributed by atoms with Gasteiger partial charge in [-0.2, -0.15) is 0 Å². The number of carboxylic acid groups (broad SMARTS) is 1. The Labute approximate surface area is 137 Å². The highest BCUT2D eigenvalue weighted by molar-refractivity contribution is 5.86. The minimum atomic E-state index is -0.690. The summed E-state index contributed by atoms with van der Waals surface area (Å²) in [4.78, 5) is 13.7. The second-order valence-electron chi connectivity index (χ2n) is 6.81. The molecule has 1 N–H and O–H groups in total. The van der Waals surface area contributed by atoms with Gasteiger partial charge in [0.1, 0.15) is 0 Å². The molecule has 4 heteroatoms. The Hall–Kier alpha value is -1.81. The van der Waals surface area contributed by atoms with Crippen molar-refractivity contribution in [2.24, 2.45) is 5.92 Å². The lowest BCUT2D eigenvalue weighted by molar-refractivity contribution is -0.141. The number of fused-ring (bicyclic) bond motifs is 2. The molecule has 0 spiro atoms. The molecule has 0 amide bonds. The van der Waals surface area contributed by atoms with Crippen LogP contribution in [0.15, 0.2) is 18.3 Å². The standard InChI is InChI=1S/C19H26N2O2/c1-4-6-21-12-16(7-13(5-2)19(22)23)17-8-14-10-20(3)11-15(14)9-18(17)21/h8-9,12-13H,4-7,10-11H2,1-3H3,(H,22,23). The zero-order valence-corrected chi connectivity index (χ0v) is 14.3. The highest BCUT2D eigenvalue weighted by atomic mass is 16.4. The van der Waals surface area contributed by atoms with Crippen molar-refractivity contribution in [2.75, 3.05) is 7.05 Å². The molecule has 0 saturated heterocycles. The van der Waals surface area contributed by atoms with Crippen LogP contribution < -0.4 is 0 Å². The third-order valence-corrected chi connectivity index (χ3v) is 4.94. The second-order valence-corrected chi connectivity index (χ2v) is 6.81. The molecule has 0 saturated carbocycles. The molecular weight excluding hydrogens is 288 g/mol. The molecule has 4 nitrogen and oxygen atoms in total. The van der Waals surface area contributed by atoms with Crippen LogP contribution in [0.5, 0.6) is 0 Å². The Morgan fingerprint density at radius 2 is 1.96 bits per heavy atom. The normalized spacial score (nSPS) is 16.0. The van der Waals surface area contributed by atoms with Gasteiger partial charge in [-0.1, -0.05) is 13.8 Å². The Balaban J connectivity index is 2.07. The summed E-state index contributed by atoms with van der Waals surface area (Å²) in [5, 5.41) is 10.6. The van der Waals surface area contributed by atoms with Gasteiger partial charge in [0.15, 0.2) is 0 Å². The fourth-order valence-electron chi connectivity index (χ4n) is 3.69. The van der Waals surface area contributed by atoms with Crippen molar-refractivity contribution < 1.29 is 9.90 Å². The minimum Gasteiger partial charge on any atom is -0.481 e. The lowest BCUT2D eigenvalue weighted by Crippen LogP contribution is -2.15. The molecule has 1 aromatic carbocycles. The average Bonchev–Trinajstić information content (AvgIpc) is 3.02. The molecule has 1 atom stereocenters. The first kappa shape index (κ1) is 16.1. The molecule has 2 heterocycles. The summed E-state index contributed by atoms with van der Waals surface area (Å²) in [6, 6.07) is 4.61. The SMILES string of the molecule is CCCn1cc(CC(CC)C(=O)O)c2cc3c(cc21)CN(C)C3. The van der Waals surface area contributed by atoms with E-state index in [-0.39, 0.29) is 5.92 Å². The quantitative estimate of drug-likeness (QED) is 0.885. The van der Waals surface area contributed by atoms with Gasteiger partial charge in [-0.25, -0.2) is 0 Å². The van der Waals surface area contributed by atoms with E-state index >= 15 is 0 Å². The van der Waals surface area contributed by atoms with E-state index in [2.05, 4.69) is 41.8 Å². The van der Waals surface area contributed by atoms with Crippen LogP contribution >= 0.6 is 0 Å². The Bertz CT molecular complexity index is 733. The first-order valence-corrected chi connectivity index (χ1v) is 8.58. The van der Waals surface area contributed by atoms with Gasteiger partial charge in [0, 0.05) is 36.7 Å². The molecule has 1 unspecified atom stereocenters. The van der Waals surface area contributed by atoms with Gasteiger partial charge >= 0.3 is 5.97 Å². The fourth-order valence-corrected chi connectivity index (χ4v) is 3.69. The number of hydrogen-bond acceptors (Lipinski definition) is 2. The van der Waals surface area contributed by atoms with E-state index in [9.17, 15) is 9.90 Å². The van der Waals surface area contributed by atoms with Crippen molar-refractivity contribution in [3.8, 4) is 0 Å². The van der Waals surface area contributed by atoms with Gasteiger partial charge in [-0.05, 0) is 55.1 Å². The highest BCUT2D eigenvalue weighted by Crippen LogP contribution is 2.31. The zero-order valence-electron chi connectivity index (χ0n) is 14.3. The fraction of sp³-hybridized carbons (Fsp3) is 0.526. The molecule has 3 rings (SSSR count). The molecule has 23 heavy (non-hydrogen) atoms. The summed E-state index contributed by atoms with van der Waals surface area (Å²) in [6.45, 7) is 7.11. The number of aromatic nitrogens is 1. The number of carbonyl (C=O) groups is 1. The van der Waals surface area contributed by atoms with Crippen LogP contribution in [-0.2, 0) is 30.8 Å². The predicted octanol–water partition coefficient (Wildman–Crippen LogP) is 3.65. The van der Waals surface area contributed by atoms with Crippen molar-refractivity contribution in [1.29, 1.82) is 0 Å². The van der Waals surface area contributed by atoms with Gasteiger partial charge in [0.2, 0.25) is 0 Å². The maximum Gasteiger partial charge on any atom is 0.306 e. The summed E-state index contributed by atoms with van der Waals surface area (Å²) in [7, 11) is 2.14. The molecule has 1 aliphatic heterocycles. The number of rotatable bonds is 6. The van der Waals surface area contributed by atoms with Gasteiger partial charge in [0.25, 0.3) is 0 Å². The third-order valence-electron chi connectivity index (χ3n) is 4.94. The van der Waals surface area contributed by atoms with Gasteiger partial charge in [0.05, 0.1) is 5.92 Å². The topological polar surface area (TPSA) is 45.5 Å². The Morgan fingerprint density at radius 3 is 2.57 bits per heavy atom. The van der Waals surface area contributed by atoms with Crippen molar-refractivity contribution in [3.63, 3.8) is 0 Å². The Kier molecular flexibility index (Phi) is 4.44. The molecule has 0 radical (unpaired) electrons. The molecule has 124 valence electrons. The smallest absolute Gasteiger partial charge is 0.306 e. The number of aryl methyl sites for hydroxylation is 1. The van der Waals surface area contributed by atoms with Gasteiger partial charge in [-0.15, -0.1) is 0 Å². The molecule has 0 aliphatic carbocycles. The summed E-state index contributed by atoms with van der Waals surface area (Å²) in [5.41, 5.74) is 5.24. The van der Waals surface area contributed by atoms with Crippen LogP contribution in [0.25, 0.3) is 10.9 Å². The van der Waals surface area contributed by atoms with Crippen LogP contribution in [0.2, 0.25) is 0 Å². The van der Waals surface area contributed by atoms with Crippen LogP contribution in [0.1, 0.15) is 43.4 Å². The van der Waals surface area contributed by atoms with Crippen molar-refractivity contribution in [2.45, 2.75) is 52.7 Å². The number of benzene rings is 1. The highest BCUT2D eigenvalue weighted by Gasteiger charge is 2.22. The number of carboxylic acids is 1. The zero-order chi connectivity index (χ0) is 16.6. The predicted molar refractivity (Wildman–Crippen MR) is 92.5 cm³/mol. The lowest BCUT2D eigenvalue weighted by Gasteiger charge is -2.08. The van der Waals surface area contributed by atoms with E-state index in [0.29, 0.717) is 12.8 Å². The van der Waals surface area contributed by atoms with Gasteiger partial charge < -0.3 is 9.67 Å². The van der Waals surface area contributed by atoms with Crippen molar-refractivity contribution in [1.82, 2.24) is 9.47 Å². The van der Waals surface area contributed by atoms with Crippen molar-refractivity contribution >= 4 is 16.9 Å². The summed E-state index contributed by atoms with van der Waals surface area (Å²) in [6.07, 6.45) is 4.55. The number of aliphatic carboxylic acids is 1. The van der Waals surface area contributed by atoms with Crippen molar-refractivity contribution in [3.05, 3.63) is 35.0 Å². The molecule has 1 aromatic heterocycles. The molecular formula is C19H26N2O2. The molecule has 1 aliphatic rings. The van der Waals surface area contributed by atoms with E-state index in [1.54, 1.807) is 0 Å². The van der Waals surface area contributed by atoms with Crippen LogP contribution in [0.3, 0.4) is 0 Å². The molecule has 0 fully saturated rings. The summed E-state index contributed by atoms with van der Waals surface area (Å²) >= 11 is 0. The van der Waals surface area contributed by atoms with E-state index in [1.807, 2.05) is 6.92 Å². The minimum absolute atomic E-state index is 0.299. The largest absolute Gasteiger partial charge is 0.481 e. The first-order valence-electron chi connectivity index (χ1n) is 8.58. The van der Waals surface area contributed by atoms with E-state index < -0.39 is 5.97 Å². The van der Waals surface area contributed by atoms with E-state index in [4.69, 9.17) is 0 Å². The second kappa shape index (κ2) is 6.36. The lowest BCUT2D eigenvalue weighted by atomic mass is 9.95. The maximum absolute atomic E-state index is 11.4. The van der Waals surface area contributed by atoms with Gasteiger partial charge in [-0.3, -0.25) is 9.69 Å². The third kappa shape index (κ3) is 3.00. The number of nitrogens with zero attached hydrogens (tertiary/aromatic N) is 2. The van der Waals surface area contributed by atoms with Crippen LogP contribution in [-0.4, -0.2) is 27.6 Å². The molecule has 2 aromatic rings. The monoisotopic (exact) mass is 314 g/mol. The van der Waals surface area contributed by atoms with Crippen LogP contribution in [0, 0.1) is 5.92 Å². The number of hydrogen-bond donors (Lipinski definition) is 1. The first-order chi connectivity index (χ1) is 11.0. The molecule has 0 bridgehead atoms. The van der Waals surface area contributed by atoms with Crippen LogP contribution in [0.4, 0.5) is 0 Å².